The molecule has 1 aromatic rings. The molecule has 0 heterocycles. The number of benzene rings is 1. The molecule has 0 aliphatic carbocycles. The molecular formula is C15H22O5. The first-order valence-corrected chi connectivity index (χ1v) is 6.65. The summed E-state index contributed by atoms with van der Waals surface area (Å²) in [7, 11) is 2.95. The minimum Gasteiger partial charge on any atom is -0.493 e. The molecule has 1 unspecified atom stereocenters. The van der Waals surface area contributed by atoms with Crippen molar-refractivity contribution in [3.05, 3.63) is 17.7 Å². The molecule has 0 spiro atoms. The van der Waals surface area contributed by atoms with Crippen LogP contribution >= 0.6 is 0 Å². The molecule has 1 aromatic carbocycles. The second-order valence-electron chi connectivity index (χ2n) is 4.72. The van der Waals surface area contributed by atoms with Gasteiger partial charge in [0.25, 0.3) is 0 Å². The Morgan fingerprint density at radius 1 is 1.25 bits per heavy atom. The quantitative estimate of drug-likeness (QED) is 0.793. The number of aromatic carboxylic acids is 1. The van der Waals surface area contributed by atoms with E-state index in [1.54, 1.807) is 0 Å². The Morgan fingerprint density at radius 2 is 1.80 bits per heavy atom. The average Bonchev–Trinajstić information content (AvgIpc) is 2.44. The van der Waals surface area contributed by atoms with E-state index in [2.05, 4.69) is 13.8 Å². The molecule has 0 aliphatic rings. The van der Waals surface area contributed by atoms with E-state index in [1.807, 2.05) is 0 Å². The third-order valence-corrected chi connectivity index (χ3v) is 3.00. The summed E-state index contributed by atoms with van der Waals surface area (Å²) < 4.78 is 16.2. The maximum Gasteiger partial charge on any atom is 0.335 e. The molecular weight excluding hydrogens is 260 g/mol. The Labute approximate surface area is 119 Å². The predicted octanol–water partition coefficient (Wildman–Crippen LogP) is 3.22. The monoisotopic (exact) mass is 282 g/mol. The zero-order valence-corrected chi connectivity index (χ0v) is 12.4. The molecule has 0 radical (unpaired) electrons. The van der Waals surface area contributed by atoms with E-state index >= 15 is 0 Å². The summed E-state index contributed by atoms with van der Waals surface area (Å²) in [5, 5.41) is 9.05. The topological polar surface area (TPSA) is 65.0 Å². The summed E-state index contributed by atoms with van der Waals surface area (Å²) in [5.41, 5.74) is 0.104. The van der Waals surface area contributed by atoms with Crippen LogP contribution in [0.2, 0.25) is 0 Å². The van der Waals surface area contributed by atoms with Gasteiger partial charge in [-0.15, -0.1) is 0 Å². The van der Waals surface area contributed by atoms with E-state index in [4.69, 9.17) is 19.3 Å². The van der Waals surface area contributed by atoms with Crippen molar-refractivity contribution in [2.24, 2.45) is 5.92 Å². The summed E-state index contributed by atoms with van der Waals surface area (Å²) in [5.74, 6) is 0.555. The Morgan fingerprint density at radius 3 is 2.20 bits per heavy atom. The van der Waals surface area contributed by atoms with Gasteiger partial charge in [0.15, 0.2) is 11.5 Å². The fourth-order valence-electron chi connectivity index (χ4n) is 1.95. The highest BCUT2D eigenvalue weighted by Gasteiger charge is 2.17. The first-order valence-electron chi connectivity index (χ1n) is 6.65. The first kappa shape index (κ1) is 16.1. The molecule has 5 nitrogen and oxygen atoms in total. The fourth-order valence-corrected chi connectivity index (χ4v) is 1.95. The van der Waals surface area contributed by atoms with Crippen LogP contribution in [0.4, 0.5) is 0 Å². The number of ether oxygens (including phenoxy) is 3. The van der Waals surface area contributed by atoms with E-state index in [-0.39, 0.29) is 5.56 Å². The zero-order chi connectivity index (χ0) is 15.1. The largest absolute Gasteiger partial charge is 0.493 e. The van der Waals surface area contributed by atoms with E-state index in [1.165, 1.54) is 26.4 Å². The minimum absolute atomic E-state index is 0.104. The average molecular weight is 282 g/mol. The summed E-state index contributed by atoms with van der Waals surface area (Å²) in [4.78, 5) is 11.0. The number of methoxy groups -OCH3 is 2. The SMILES string of the molecule is CCCC(C)COc1c(OC)cc(C(=O)O)cc1OC. The number of rotatable bonds is 8. The fraction of sp³-hybridized carbons (Fsp3) is 0.533. The molecule has 20 heavy (non-hydrogen) atoms. The van der Waals surface area contributed by atoms with Crippen LogP contribution in [0, 0.1) is 5.92 Å². The standard InChI is InChI=1S/C15H22O5/c1-5-6-10(2)9-20-14-12(18-3)7-11(15(16)17)8-13(14)19-4/h7-8,10H,5-6,9H2,1-4H3,(H,16,17). The normalized spacial score (nSPS) is 11.8. The molecule has 0 saturated carbocycles. The van der Waals surface area contributed by atoms with Crippen molar-refractivity contribution in [1.29, 1.82) is 0 Å². The van der Waals surface area contributed by atoms with Crippen molar-refractivity contribution in [3.8, 4) is 17.2 Å². The molecule has 1 N–H and O–H groups in total. The van der Waals surface area contributed by atoms with E-state index < -0.39 is 5.97 Å². The minimum atomic E-state index is -1.03. The number of carboxylic acids is 1. The highest BCUT2D eigenvalue weighted by molar-refractivity contribution is 5.89. The van der Waals surface area contributed by atoms with Gasteiger partial charge in [0.1, 0.15) is 0 Å². The van der Waals surface area contributed by atoms with Gasteiger partial charge in [0.2, 0.25) is 5.75 Å². The van der Waals surface area contributed by atoms with E-state index in [0.717, 1.165) is 12.8 Å². The molecule has 0 fully saturated rings. The van der Waals surface area contributed by atoms with Gasteiger partial charge in [0.05, 0.1) is 26.4 Å². The van der Waals surface area contributed by atoms with Gasteiger partial charge in [-0.2, -0.15) is 0 Å². The Bertz CT molecular complexity index is 431. The first-order chi connectivity index (χ1) is 9.53. The van der Waals surface area contributed by atoms with Crippen molar-refractivity contribution in [2.45, 2.75) is 26.7 Å². The van der Waals surface area contributed by atoms with Crippen molar-refractivity contribution in [3.63, 3.8) is 0 Å². The van der Waals surface area contributed by atoms with Crippen molar-refractivity contribution >= 4 is 5.97 Å². The summed E-state index contributed by atoms with van der Waals surface area (Å²) in [6.07, 6.45) is 2.16. The molecule has 0 aliphatic heterocycles. The van der Waals surface area contributed by atoms with Crippen LogP contribution in [0.1, 0.15) is 37.0 Å². The second kappa shape index (κ2) is 7.62. The molecule has 0 bridgehead atoms. The lowest BCUT2D eigenvalue weighted by Crippen LogP contribution is -2.10. The maximum absolute atomic E-state index is 11.0. The van der Waals surface area contributed by atoms with E-state index in [9.17, 15) is 4.79 Å². The van der Waals surface area contributed by atoms with Gasteiger partial charge in [-0.3, -0.25) is 0 Å². The van der Waals surface area contributed by atoms with Gasteiger partial charge in [-0.05, 0) is 24.5 Å². The highest BCUT2D eigenvalue weighted by Crippen LogP contribution is 2.38. The predicted molar refractivity (Wildman–Crippen MR) is 76.1 cm³/mol. The zero-order valence-electron chi connectivity index (χ0n) is 12.4. The number of carbonyl (C=O) groups is 1. The number of hydrogen-bond acceptors (Lipinski definition) is 4. The van der Waals surface area contributed by atoms with Crippen LogP contribution < -0.4 is 14.2 Å². The molecule has 0 saturated heterocycles. The van der Waals surface area contributed by atoms with Gasteiger partial charge in [0, 0.05) is 0 Å². The van der Waals surface area contributed by atoms with Gasteiger partial charge in [-0.25, -0.2) is 4.79 Å². The number of carboxylic acid groups (broad SMARTS) is 1. The van der Waals surface area contributed by atoms with Crippen molar-refractivity contribution < 1.29 is 24.1 Å². The number of hydrogen-bond donors (Lipinski definition) is 1. The Hall–Kier alpha value is -1.91. The van der Waals surface area contributed by atoms with E-state index in [0.29, 0.717) is 29.8 Å². The molecule has 112 valence electrons. The smallest absolute Gasteiger partial charge is 0.335 e. The van der Waals surface area contributed by atoms with Crippen LogP contribution in [0.3, 0.4) is 0 Å². The lowest BCUT2D eigenvalue weighted by molar-refractivity contribution is 0.0696. The molecule has 1 atom stereocenters. The molecule has 5 heteroatoms. The van der Waals surface area contributed by atoms with Crippen LogP contribution in [-0.4, -0.2) is 31.9 Å². The lowest BCUT2D eigenvalue weighted by atomic mass is 10.1. The van der Waals surface area contributed by atoms with Gasteiger partial charge < -0.3 is 19.3 Å². The Kier molecular flexibility index (Phi) is 6.15. The maximum atomic E-state index is 11.0. The summed E-state index contributed by atoms with van der Waals surface area (Å²) in [6, 6.07) is 2.87. The Balaban J connectivity index is 3.01. The van der Waals surface area contributed by atoms with Crippen molar-refractivity contribution in [2.75, 3.05) is 20.8 Å². The summed E-state index contributed by atoms with van der Waals surface area (Å²) >= 11 is 0. The van der Waals surface area contributed by atoms with Crippen LogP contribution in [0.15, 0.2) is 12.1 Å². The van der Waals surface area contributed by atoms with Crippen LogP contribution in [0.5, 0.6) is 17.2 Å². The molecule has 1 rings (SSSR count). The van der Waals surface area contributed by atoms with Crippen molar-refractivity contribution in [1.82, 2.24) is 0 Å². The van der Waals surface area contributed by atoms with Crippen LogP contribution in [0.25, 0.3) is 0 Å². The third kappa shape index (κ3) is 4.05. The van der Waals surface area contributed by atoms with Gasteiger partial charge >= 0.3 is 5.97 Å². The van der Waals surface area contributed by atoms with Gasteiger partial charge in [-0.1, -0.05) is 20.3 Å². The second-order valence-corrected chi connectivity index (χ2v) is 4.72. The summed E-state index contributed by atoms with van der Waals surface area (Å²) in [6.45, 7) is 4.76. The highest BCUT2D eigenvalue weighted by atomic mass is 16.5. The van der Waals surface area contributed by atoms with Crippen LogP contribution in [-0.2, 0) is 0 Å². The lowest BCUT2D eigenvalue weighted by Gasteiger charge is -2.17. The molecule has 0 aromatic heterocycles. The third-order valence-electron chi connectivity index (χ3n) is 3.00. The molecule has 0 amide bonds.